The topological polar surface area (TPSA) is 135 Å². The highest BCUT2D eigenvalue weighted by Crippen LogP contribution is 2.35. The lowest BCUT2D eigenvalue weighted by Crippen LogP contribution is -2.40. The summed E-state index contributed by atoms with van der Waals surface area (Å²) in [6, 6.07) is 15.5. The van der Waals surface area contributed by atoms with Crippen LogP contribution in [-0.2, 0) is 11.3 Å². The predicted molar refractivity (Wildman–Crippen MR) is 153 cm³/mol. The molecule has 1 fully saturated rings. The predicted octanol–water partition coefficient (Wildman–Crippen LogP) is 4.45. The maximum Gasteiger partial charge on any atom is 0.264 e. The van der Waals surface area contributed by atoms with Crippen molar-refractivity contribution in [2.24, 2.45) is 0 Å². The van der Waals surface area contributed by atoms with Gasteiger partial charge in [-0.1, -0.05) is 18.2 Å². The average Bonchev–Trinajstić information content (AvgIpc) is 3.58. The van der Waals surface area contributed by atoms with Gasteiger partial charge in [-0.2, -0.15) is 10.4 Å². The highest BCUT2D eigenvalue weighted by atomic mass is 19.1. The number of amides is 1. The molecular weight excluding hydrogens is 523 g/mol. The summed E-state index contributed by atoms with van der Waals surface area (Å²) in [5.41, 5.74) is 6.74. The fourth-order valence-corrected chi connectivity index (χ4v) is 4.94. The molecule has 10 nitrogen and oxygen atoms in total. The quantitative estimate of drug-likeness (QED) is 0.241. The summed E-state index contributed by atoms with van der Waals surface area (Å²) in [6.07, 6.45) is 4.48. The number of hydrogen-bond donors (Lipinski definition) is 2. The minimum absolute atomic E-state index is 0.0775. The second-order valence-corrected chi connectivity index (χ2v) is 10.5. The molecular formula is C30H31FN8O2. The molecule has 0 bridgehead atoms. The molecule has 5 rings (SSSR count). The Morgan fingerprint density at radius 1 is 1.24 bits per heavy atom. The van der Waals surface area contributed by atoms with Crippen LogP contribution < -0.4 is 15.8 Å². The molecule has 1 aliphatic heterocycles. The van der Waals surface area contributed by atoms with Gasteiger partial charge < -0.3 is 20.7 Å². The standard InChI is InChI=1S/C30H31FN8O2/c1-30(2,34-3)15-19(16-32)29(40)38-13-7-8-20(38)17-39-28-25(27(33)35-18-36-28)26(37-39)23-12-11-22(14-24(23)31)41-21-9-5-4-6-10-21/h4-6,9-12,14-15,18,20,34H,7-8,13,17H2,1-3H3,(H2,33,35,36)/b19-15-/t20-/m0/s1. The van der Waals surface area contributed by atoms with Gasteiger partial charge in [-0.05, 0) is 64.1 Å². The van der Waals surface area contributed by atoms with Crippen LogP contribution in [0.3, 0.4) is 0 Å². The van der Waals surface area contributed by atoms with Crippen LogP contribution in [0, 0.1) is 17.1 Å². The Labute approximate surface area is 237 Å². The van der Waals surface area contributed by atoms with Crippen molar-refractivity contribution in [3.8, 4) is 28.8 Å². The van der Waals surface area contributed by atoms with Crippen molar-refractivity contribution >= 4 is 22.8 Å². The highest BCUT2D eigenvalue weighted by Gasteiger charge is 2.33. The molecule has 2 aromatic carbocycles. The number of fused-ring (bicyclic) bond motifs is 1. The number of halogens is 1. The van der Waals surface area contributed by atoms with Gasteiger partial charge in [0.25, 0.3) is 5.91 Å². The Kier molecular flexibility index (Phi) is 7.68. The third-order valence-electron chi connectivity index (χ3n) is 7.26. The SMILES string of the molecule is CNC(C)(C)/C=C(/C#N)C(=O)N1CCC[C@H]1Cn1nc(-c2ccc(Oc3ccccc3)cc2F)c2c(N)ncnc21. The number of anilines is 1. The van der Waals surface area contributed by atoms with E-state index in [1.807, 2.05) is 32.0 Å². The van der Waals surface area contributed by atoms with Crippen molar-refractivity contribution in [2.75, 3.05) is 19.3 Å². The Hall–Kier alpha value is -4.82. The van der Waals surface area contributed by atoms with Crippen LogP contribution in [0.2, 0.25) is 0 Å². The van der Waals surface area contributed by atoms with Gasteiger partial charge >= 0.3 is 0 Å². The van der Waals surface area contributed by atoms with Gasteiger partial charge in [-0.25, -0.2) is 19.0 Å². The average molecular weight is 555 g/mol. The minimum atomic E-state index is -0.540. The number of carbonyl (C=O) groups is 1. The molecule has 1 aliphatic rings. The summed E-state index contributed by atoms with van der Waals surface area (Å²) in [5, 5.41) is 18.0. The Balaban J connectivity index is 1.47. The number of para-hydroxylation sites is 1. The van der Waals surface area contributed by atoms with Crippen LogP contribution in [0.25, 0.3) is 22.3 Å². The van der Waals surface area contributed by atoms with E-state index in [1.165, 1.54) is 12.4 Å². The molecule has 210 valence electrons. The number of nitrogens with two attached hydrogens (primary N) is 1. The van der Waals surface area contributed by atoms with Crippen LogP contribution in [0.15, 0.2) is 66.5 Å². The van der Waals surface area contributed by atoms with Gasteiger partial charge in [-0.15, -0.1) is 0 Å². The lowest BCUT2D eigenvalue weighted by Gasteiger charge is -2.26. The van der Waals surface area contributed by atoms with Crippen LogP contribution in [0.1, 0.15) is 26.7 Å². The van der Waals surface area contributed by atoms with Crippen LogP contribution in [0.5, 0.6) is 11.5 Å². The molecule has 0 saturated carbocycles. The first-order chi connectivity index (χ1) is 19.7. The van der Waals surface area contributed by atoms with E-state index in [2.05, 4.69) is 21.4 Å². The summed E-state index contributed by atoms with van der Waals surface area (Å²) in [5.74, 6) is 0.231. The number of ether oxygens (including phenoxy) is 1. The van der Waals surface area contributed by atoms with Crippen molar-refractivity contribution in [3.05, 3.63) is 72.3 Å². The van der Waals surface area contributed by atoms with Gasteiger partial charge in [0.1, 0.15) is 46.8 Å². The minimum Gasteiger partial charge on any atom is -0.457 e. The van der Waals surface area contributed by atoms with E-state index in [1.54, 1.807) is 47.0 Å². The molecule has 1 amide bonds. The molecule has 0 spiro atoms. The van der Waals surface area contributed by atoms with E-state index in [-0.39, 0.29) is 28.9 Å². The number of likely N-dealkylation sites (N-methyl/N-ethyl adjacent to an activating group) is 1. The third-order valence-corrected chi connectivity index (χ3v) is 7.26. The Bertz CT molecular complexity index is 1660. The molecule has 11 heteroatoms. The number of carbonyl (C=O) groups excluding carboxylic acids is 1. The fraction of sp³-hybridized carbons (Fsp3) is 0.300. The number of nitrogens with zero attached hydrogens (tertiary/aromatic N) is 6. The fourth-order valence-electron chi connectivity index (χ4n) is 4.94. The van der Waals surface area contributed by atoms with Crippen LogP contribution in [-0.4, -0.2) is 55.7 Å². The van der Waals surface area contributed by atoms with Crippen molar-refractivity contribution in [2.45, 2.75) is 44.8 Å². The molecule has 1 atom stereocenters. The number of nitrogen functional groups attached to an aromatic ring is 1. The van der Waals surface area contributed by atoms with E-state index in [0.717, 1.165) is 12.8 Å². The van der Waals surface area contributed by atoms with E-state index < -0.39 is 11.4 Å². The van der Waals surface area contributed by atoms with E-state index >= 15 is 4.39 Å². The van der Waals surface area contributed by atoms with Crippen molar-refractivity contribution in [3.63, 3.8) is 0 Å². The first-order valence-electron chi connectivity index (χ1n) is 13.3. The van der Waals surface area contributed by atoms with Gasteiger partial charge in [-0.3, -0.25) is 4.79 Å². The second kappa shape index (κ2) is 11.3. The first kappa shape index (κ1) is 27.7. The molecule has 3 heterocycles. The Morgan fingerprint density at radius 2 is 2.02 bits per heavy atom. The van der Waals surface area contributed by atoms with Gasteiger partial charge in [0.2, 0.25) is 0 Å². The third kappa shape index (κ3) is 5.73. The molecule has 1 saturated heterocycles. The lowest BCUT2D eigenvalue weighted by atomic mass is 10.0. The Morgan fingerprint density at radius 3 is 2.73 bits per heavy atom. The van der Waals surface area contributed by atoms with Gasteiger partial charge in [0.15, 0.2) is 5.65 Å². The number of nitriles is 1. The molecule has 2 aromatic heterocycles. The number of benzene rings is 2. The molecule has 0 radical (unpaired) electrons. The molecule has 41 heavy (non-hydrogen) atoms. The summed E-state index contributed by atoms with van der Waals surface area (Å²) in [6.45, 7) is 4.59. The van der Waals surface area contributed by atoms with Crippen molar-refractivity contribution in [1.29, 1.82) is 5.26 Å². The summed E-state index contributed by atoms with van der Waals surface area (Å²) >= 11 is 0. The maximum atomic E-state index is 15.5. The molecule has 4 aromatic rings. The van der Waals surface area contributed by atoms with Crippen LogP contribution in [0.4, 0.5) is 10.2 Å². The number of nitrogens with one attached hydrogen (secondary N) is 1. The van der Waals surface area contributed by atoms with E-state index in [4.69, 9.17) is 15.6 Å². The number of likely N-dealkylation sites (tertiary alicyclic amines) is 1. The number of aromatic nitrogens is 4. The van der Waals surface area contributed by atoms with Crippen molar-refractivity contribution in [1.82, 2.24) is 30.0 Å². The van der Waals surface area contributed by atoms with Crippen LogP contribution >= 0.6 is 0 Å². The van der Waals surface area contributed by atoms with E-state index in [9.17, 15) is 10.1 Å². The molecule has 3 N–H and O–H groups in total. The summed E-state index contributed by atoms with van der Waals surface area (Å²) < 4.78 is 22.9. The van der Waals surface area contributed by atoms with Crippen molar-refractivity contribution < 1.29 is 13.9 Å². The normalized spacial score (nSPS) is 15.7. The van der Waals surface area contributed by atoms with Gasteiger partial charge in [0.05, 0.1) is 18.0 Å². The first-order valence-corrected chi connectivity index (χ1v) is 13.3. The second-order valence-electron chi connectivity index (χ2n) is 10.5. The summed E-state index contributed by atoms with van der Waals surface area (Å²) in [7, 11) is 1.77. The zero-order chi connectivity index (χ0) is 29.1. The molecule has 0 aliphatic carbocycles. The smallest absolute Gasteiger partial charge is 0.264 e. The molecule has 0 unspecified atom stereocenters. The van der Waals surface area contributed by atoms with Gasteiger partial charge in [0, 0.05) is 23.7 Å². The number of rotatable bonds is 8. The zero-order valence-corrected chi connectivity index (χ0v) is 23.1. The largest absolute Gasteiger partial charge is 0.457 e. The van der Waals surface area contributed by atoms with E-state index in [0.29, 0.717) is 41.3 Å². The monoisotopic (exact) mass is 554 g/mol. The maximum absolute atomic E-state index is 15.5. The summed E-state index contributed by atoms with van der Waals surface area (Å²) in [4.78, 5) is 23.6. The highest BCUT2D eigenvalue weighted by molar-refractivity contribution is 5.99. The zero-order valence-electron chi connectivity index (χ0n) is 23.1. The lowest BCUT2D eigenvalue weighted by molar-refractivity contribution is -0.127. The number of hydrogen-bond acceptors (Lipinski definition) is 8.